The van der Waals surface area contributed by atoms with Gasteiger partial charge >= 0.3 is 5.97 Å². The van der Waals surface area contributed by atoms with Crippen LogP contribution in [0.4, 0.5) is 0 Å². The molecule has 1 atom stereocenters. The van der Waals surface area contributed by atoms with Crippen molar-refractivity contribution in [2.24, 2.45) is 5.92 Å². The van der Waals surface area contributed by atoms with E-state index in [0.29, 0.717) is 18.9 Å². The predicted octanol–water partition coefficient (Wildman–Crippen LogP) is 1.77. The second-order valence-corrected chi connectivity index (χ2v) is 4.56. The Morgan fingerprint density at radius 3 is 2.88 bits per heavy atom. The van der Waals surface area contributed by atoms with Crippen LogP contribution < -0.4 is 5.32 Å². The minimum absolute atomic E-state index is 0.123. The molecule has 92 valence electrons. The zero-order chi connectivity index (χ0) is 11.9. The van der Waals surface area contributed by atoms with Crippen molar-refractivity contribution in [2.75, 3.05) is 19.7 Å². The predicted molar refractivity (Wildman–Crippen MR) is 66.7 cm³/mol. The first-order chi connectivity index (χ1) is 8.34. The Bertz CT molecular complexity index is 344. The van der Waals surface area contributed by atoms with Gasteiger partial charge in [0, 0.05) is 12.5 Å². The number of benzene rings is 1. The maximum atomic E-state index is 11.6. The summed E-state index contributed by atoms with van der Waals surface area (Å²) in [6.45, 7) is 2.62. The van der Waals surface area contributed by atoms with E-state index in [9.17, 15) is 4.79 Å². The zero-order valence-corrected chi connectivity index (χ0v) is 10.0. The van der Waals surface area contributed by atoms with Crippen molar-refractivity contribution >= 4 is 5.97 Å². The van der Waals surface area contributed by atoms with E-state index in [1.807, 2.05) is 30.3 Å². The number of hydrogen-bond acceptors (Lipinski definition) is 3. The Kier molecular flexibility index (Phi) is 4.56. The topological polar surface area (TPSA) is 38.3 Å². The lowest BCUT2D eigenvalue weighted by atomic mass is 10.0. The molecule has 3 nitrogen and oxygen atoms in total. The van der Waals surface area contributed by atoms with Crippen molar-refractivity contribution in [3.8, 4) is 0 Å². The third-order valence-corrected chi connectivity index (χ3v) is 3.07. The number of piperidine rings is 1. The van der Waals surface area contributed by atoms with Gasteiger partial charge in [0.05, 0.1) is 13.0 Å². The van der Waals surface area contributed by atoms with Crippen molar-refractivity contribution in [2.45, 2.75) is 19.3 Å². The van der Waals surface area contributed by atoms with Crippen LogP contribution in [0.5, 0.6) is 0 Å². The maximum absolute atomic E-state index is 11.6. The molecule has 1 fully saturated rings. The summed E-state index contributed by atoms with van der Waals surface area (Å²) in [5.74, 6) is 0.366. The van der Waals surface area contributed by atoms with Crippen LogP contribution in [0, 0.1) is 5.92 Å². The number of rotatable bonds is 4. The standard InChI is InChI=1S/C14H19NO2/c16-14(9-12-5-2-1-3-6-12)17-11-13-7-4-8-15-10-13/h1-3,5-6,13,15H,4,7-11H2. The average molecular weight is 233 g/mol. The normalized spacial score (nSPS) is 19.9. The molecule has 0 saturated carbocycles. The first-order valence-electron chi connectivity index (χ1n) is 6.25. The van der Waals surface area contributed by atoms with Gasteiger partial charge in [-0.3, -0.25) is 4.79 Å². The number of carbonyl (C=O) groups is 1. The van der Waals surface area contributed by atoms with Gasteiger partial charge in [0.15, 0.2) is 0 Å². The summed E-state index contributed by atoms with van der Waals surface area (Å²) >= 11 is 0. The van der Waals surface area contributed by atoms with Gasteiger partial charge in [-0.25, -0.2) is 0 Å². The van der Waals surface area contributed by atoms with E-state index in [2.05, 4.69) is 5.32 Å². The molecule has 0 radical (unpaired) electrons. The van der Waals surface area contributed by atoms with Crippen molar-refractivity contribution in [1.29, 1.82) is 0 Å². The maximum Gasteiger partial charge on any atom is 0.310 e. The van der Waals surface area contributed by atoms with Gasteiger partial charge in [-0.15, -0.1) is 0 Å². The molecule has 1 aliphatic rings. The second-order valence-electron chi connectivity index (χ2n) is 4.56. The Morgan fingerprint density at radius 1 is 1.35 bits per heavy atom. The number of nitrogens with one attached hydrogen (secondary N) is 1. The number of ether oxygens (including phenoxy) is 1. The van der Waals surface area contributed by atoms with E-state index in [-0.39, 0.29) is 5.97 Å². The summed E-state index contributed by atoms with van der Waals surface area (Å²) in [6.07, 6.45) is 2.72. The van der Waals surface area contributed by atoms with Gasteiger partial charge in [0.2, 0.25) is 0 Å². The van der Waals surface area contributed by atoms with Crippen LogP contribution in [0.1, 0.15) is 18.4 Å². The molecule has 1 heterocycles. The SMILES string of the molecule is O=C(Cc1ccccc1)OCC1CCCNC1. The molecule has 3 heteroatoms. The van der Waals surface area contributed by atoms with Crippen LogP contribution in [0.15, 0.2) is 30.3 Å². The van der Waals surface area contributed by atoms with Crippen LogP contribution in [0.2, 0.25) is 0 Å². The highest BCUT2D eigenvalue weighted by molar-refractivity contribution is 5.72. The highest BCUT2D eigenvalue weighted by atomic mass is 16.5. The third-order valence-electron chi connectivity index (χ3n) is 3.07. The van der Waals surface area contributed by atoms with Gasteiger partial charge in [0.1, 0.15) is 0 Å². The smallest absolute Gasteiger partial charge is 0.310 e. The minimum atomic E-state index is -0.123. The minimum Gasteiger partial charge on any atom is -0.465 e. The van der Waals surface area contributed by atoms with Crippen molar-refractivity contribution in [3.63, 3.8) is 0 Å². The van der Waals surface area contributed by atoms with Crippen molar-refractivity contribution in [1.82, 2.24) is 5.32 Å². The highest BCUT2D eigenvalue weighted by Crippen LogP contribution is 2.10. The lowest BCUT2D eigenvalue weighted by Gasteiger charge is -2.22. The number of hydrogen-bond donors (Lipinski definition) is 1. The fraction of sp³-hybridized carbons (Fsp3) is 0.500. The van der Waals surface area contributed by atoms with Gasteiger partial charge in [-0.05, 0) is 24.9 Å². The summed E-state index contributed by atoms with van der Waals surface area (Å²) in [4.78, 5) is 11.6. The highest BCUT2D eigenvalue weighted by Gasteiger charge is 2.15. The zero-order valence-electron chi connectivity index (χ0n) is 10.0. The Hall–Kier alpha value is -1.35. The van der Waals surface area contributed by atoms with E-state index >= 15 is 0 Å². The lowest BCUT2D eigenvalue weighted by Crippen LogP contribution is -2.33. The van der Waals surface area contributed by atoms with Crippen LogP contribution >= 0.6 is 0 Å². The molecule has 0 aromatic heterocycles. The van der Waals surface area contributed by atoms with Gasteiger partial charge in [0.25, 0.3) is 0 Å². The molecular formula is C14H19NO2. The fourth-order valence-corrected chi connectivity index (χ4v) is 2.09. The lowest BCUT2D eigenvalue weighted by molar-refractivity contribution is -0.144. The molecule has 1 unspecified atom stereocenters. The largest absolute Gasteiger partial charge is 0.465 e. The molecule has 1 N–H and O–H groups in total. The molecular weight excluding hydrogens is 214 g/mol. The summed E-state index contributed by atoms with van der Waals surface area (Å²) in [7, 11) is 0. The van der Waals surface area contributed by atoms with Crippen molar-refractivity contribution < 1.29 is 9.53 Å². The van der Waals surface area contributed by atoms with E-state index in [0.717, 1.165) is 25.1 Å². The molecule has 0 spiro atoms. The Labute approximate surface area is 102 Å². The average Bonchev–Trinajstić information content (AvgIpc) is 2.39. The summed E-state index contributed by atoms with van der Waals surface area (Å²) in [6, 6.07) is 9.72. The quantitative estimate of drug-likeness (QED) is 0.805. The Balaban J connectivity index is 1.70. The molecule has 1 aromatic carbocycles. The van der Waals surface area contributed by atoms with Crippen LogP contribution in [0.25, 0.3) is 0 Å². The molecule has 2 rings (SSSR count). The number of carbonyl (C=O) groups excluding carboxylic acids is 1. The summed E-state index contributed by atoms with van der Waals surface area (Å²) in [5.41, 5.74) is 1.01. The van der Waals surface area contributed by atoms with Crippen LogP contribution in [-0.2, 0) is 16.0 Å². The van der Waals surface area contributed by atoms with Gasteiger partial charge < -0.3 is 10.1 Å². The molecule has 1 aromatic rings. The van der Waals surface area contributed by atoms with E-state index < -0.39 is 0 Å². The van der Waals surface area contributed by atoms with E-state index in [1.165, 1.54) is 6.42 Å². The number of esters is 1. The second kappa shape index (κ2) is 6.40. The molecule has 0 bridgehead atoms. The fourth-order valence-electron chi connectivity index (χ4n) is 2.09. The monoisotopic (exact) mass is 233 g/mol. The molecule has 1 aliphatic heterocycles. The van der Waals surface area contributed by atoms with Crippen LogP contribution in [-0.4, -0.2) is 25.7 Å². The van der Waals surface area contributed by atoms with E-state index in [1.54, 1.807) is 0 Å². The molecule has 1 saturated heterocycles. The summed E-state index contributed by atoms with van der Waals surface area (Å²) in [5, 5.41) is 3.32. The Morgan fingerprint density at radius 2 is 2.18 bits per heavy atom. The molecule has 0 amide bonds. The molecule has 17 heavy (non-hydrogen) atoms. The van der Waals surface area contributed by atoms with Gasteiger partial charge in [-0.1, -0.05) is 30.3 Å². The summed E-state index contributed by atoms with van der Waals surface area (Å²) < 4.78 is 5.31. The van der Waals surface area contributed by atoms with Gasteiger partial charge in [-0.2, -0.15) is 0 Å². The first kappa shape index (κ1) is 12.1. The van der Waals surface area contributed by atoms with Crippen molar-refractivity contribution in [3.05, 3.63) is 35.9 Å². The first-order valence-corrected chi connectivity index (χ1v) is 6.25. The third kappa shape index (κ3) is 4.19. The van der Waals surface area contributed by atoms with E-state index in [4.69, 9.17) is 4.74 Å². The molecule has 0 aliphatic carbocycles. The van der Waals surface area contributed by atoms with Crippen LogP contribution in [0.3, 0.4) is 0 Å².